The zero-order valence-corrected chi connectivity index (χ0v) is 17.7. The summed E-state index contributed by atoms with van der Waals surface area (Å²) in [6, 6.07) is 21.4. The van der Waals surface area contributed by atoms with Gasteiger partial charge in [0.25, 0.3) is 5.91 Å². The summed E-state index contributed by atoms with van der Waals surface area (Å²) in [6.45, 7) is -0.428. The summed E-state index contributed by atoms with van der Waals surface area (Å²) in [5, 5.41) is 2.67. The van der Waals surface area contributed by atoms with Gasteiger partial charge in [-0.05, 0) is 48.5 Å². The first-order chi connectivity index (χ1) is 15.6. The second-order valence-electron chi connectivity index (χ2n) is 6.54. The van der Waals surface area contributed by atoms with Crippen molar-refractivity contribution >= 4 is 23.6 Å². The number of rotatable bonds is 9. The van der Waals surface area contributed by atoms with Crippen LogP contribution in [-0.2, 0) is 14.3 Å². The quantitative estimate of drug-likeness (QED) is 0.389. The van der Waals surface area contributed by atoms with Gasteiger partial charge in [0.05, 0.1) is 14.2 Å². The van der Waals surface area contributed by atoms with Crippen LogP contribution >= 0.6 is 0 Å². The highest BCUT2D eigenvalue weighted by molar-refractivity contribution is 5.94. The van der Waals surface area contributed by atoms with E-state index in [9.17, 15) is 9.59 Å². The van der Waals surface area contributed by atoms with Crippen LogP contribution in [0.25, 0.3) is 6.08 Å². The summed E-state index contributed by atoms with van der Waals surface area (Å²) in [7, 11) is 3.08. The fourth-order valence-electron chi connectivity index (χ4n) is 2.77. The first kappa shape index (κ1) is 22.4. The fraction of sp³-hybridized carbons (Fsp3) is 0.120. The van der Waals surface area contributed by atoms with Crippen molar-refractivity contribution in [2.24, 2.45) is 0 Å². The number of ether oxygens (including phenoxy) is 4. The Morgan fingerprint density at radius 3 is 2.38 bits per heavy atom. The lowest BCUT2D eigenvalue weighted by molar-refractivity contribution is -0.142. The molecule has 1 N–H and O–H groups in total. The van der Waals surface area contributed by atoms with Crippen LogP contribution in [0.5, 0.6) is 23.0 Å². The molecule has 0 spiro atoms. The van der Waals surface area contributed by atoms with Crippen molar-refractivity contribution in [3.05, 3.63) is 84.4 Å². The highest BCUT2D eigenvalue weighted by atomic mass is 16.5. The third-order valence-electron chi connectivity index (χ3n) is 4.28. The Morgan fingerprint density at radius 1 is 0.844 bits per heavy atom. The number of carbonyl (C=O) groups is 2. The molecule has 0 aliphatic rings. The van der Waals surface area contributed by atoms with Crippen LogP contribution in [0.15, 0.2) is 78.9 Å². The lowest BCUT2D eigenvalue weighted by atomic mass is 10.1. The zero-order valence-electron chi connectivity index (χ0n) is 17.7. The van der Waals surface area contributed by atoms with Gasteiger partial charge < -0.3 is 24.3 Å². The van der Waals surface area contributed by atoms with Gasteiger partial charge >= 0.3 is 5.97 Å². The second kappa shape index (κ2) is 11.2. The Bertz CT molecular complexity index is 1090. The van der Waals surface area contributed by atoms with Crippen LogP contribution < -0.4 is 19.5 Å². The number of benzene rings is 3. The summed E-state index contributed by atoms with van der Waals surface area (Å²) in [5.41, 5.74) is 1.17. The highest BCUT2D eigenvalue weighted by Gasteiger charge is 2.08. The van der Waals surface area contributed by atoms with Gasteiger partial charge in [0.15, 0.2) is 6.61 Å². The topological polar surface area (TPSA) is 83.1 Å². The third kappa shape index (κ3) is 6.63. The Hall–Kier alpha value is -4.26. The molecule has 0 radical (unpaired) electrons. The normalized spacial score (nSPS) is 10.4. The van der Waals surface area contributed by atoms with E-state index in [2.05, 4.69) is 5.32 Å². The van der Waals surface area contributed by atoms with E-state index in [0.29, 0.717) is 34.2 Å². The Kier molecular flexibility index (Phi) is 7.86. The average Bonchev–Trinajstić information content (AvgIpc) is 2.82. The summed E-state index contributed by atoms with van der Waals surface area (Å²) < 4.78 is 21.2. The van der Waals surface area contributed by atoms with Crippen LogP contribution in [-0.4, -0.2) is 32.7 Å². The van der Waals surface area contributed by atoms with Crippen molar-refractivity contribution in [3.8, 4) is 23.0 Å². The lowest BCUT2D eigenvalue weighted by Crippen LogP contribution is -2.20. The number of amides is 1. The number of hydrogen-bond donors (Lipinski definition) is 1. The van der Waals surface area contributed by atoms with E-state index >= 15 is 0 Å². The minimum absolute atomic E-state index is 0.428. The van der Waals surface area contributed by atoms with E-state index in [1.807, 2.05) is 30.3 Å². The highest BCUT2D eigenvalue weighted by Crippen LogP contribution is 2.25. The Labute approximate surface area is 186 Å². The first-order valence-corrected chi connectivity index (χ1v) is 9.77. The molecule has 1 amide bonds. The minimum atomic E-state index is -0.661. The smallest absolute Gasteiger partial charge is 0.331 e. The molecular weight excluding hydrogens is 410 g/mol. The molecule has 0 fully saturated rings. The van der Waals surface area contributed by atoms with Crippen LogP contribution in [0.4, 0.5) is 5.69 Å². The number of anilines is 1. The molecule has 0 saturated carbocycles. The van der Waals surface area contributed by atoms with E-state index in [1.165, 1.54) is 19.3 Å². The molecule has 164 valence electrons. The molecule has 7 nitrogen and oxygen atoms in total. The molecule has 0 aliphatic heterocycles. The van der Waals surface area contributed by atoms with Crippen LogP contribution in [0.2, 0.25) is 0 Å². The van der Waals surface area contributed by atoms with E-state index in [0.717, 1.165) is 0 Å². The Morgan fingerprint density at radius 2 is 1.62 bits per heavy atom. The van der Waals surface area contributed by atoms with Crippen molar-refractivity contribution in [2.45, 2.75) is 0 Å². The molecular formula is C25H23NO6. The molecule has 0 aromatic heterocycles. The molecule has 0 heterocycles. The van der Waals surface area contributed by atoms with E-state index in [-0.39, 0.29) is 0 Å². The number of esters is 1. The molecule has 3 aromatic carbocycles. The number of para-hydroxylation sites is 1. The van der Waals surface area contributed by atoms with Crippen molar-refractivity contribution in [1.29, 1.82) is 0 Å². The third-order valence-corrected chi connectivity index (χ3v) is 4.28. The summed E-state index contributed by atoms with van der Waals surface area (Å²) in [6.07, 6.45) is 2.75. The summed E-state index contributed by atoms with van der Waals surface area (Å²) >= 11 is 0. The van der Waals surface area contributed by atoms with Gasteiger partial charge in [0.1, 0.15) is 23.0 Å². The predicted molar refractivity (Wildman–Crippen MR) is 121 cm³/mol. The van der Waals surface area contributed by atoms with Gasteiger partial charge in [0.2, 0.25) is 0 Å². The maximum Gasteiger partial charge on any atom is 0.331 e. The van der Waals surface area contributed by atoms with E-state index in [4.69, 9.17) is 18.9 Å². The van der Waals surface area contributed by atoms with Crippen molar-refractivity contribution in [1.82, 2.24) is 0 Å². The van der Waals surface area contributed by atoms with Crippen molar-refractivity contribution < 1.29 is 28.5 Å². The molecule has 32 heavy (non-hydrogen) atoms. The lowest BCUT2D eigenvalue weighted by Gasteiger charge is -2.09. The molecule has 0 bridgehead atoms. The summed E-state index contributed by atoms with van der Waals surface area (Å²) in [4.78, 5) is 24.2. The van der Waals surface area contributed by atoms with Gasteiger partial charge in [-0.15, -0.1) is 0 Å². The molecule has 0 aliphatic carbocycles. The molecule has 0 unspecified atom stereocenters. The largest absolute Gasteiger partial charge is 0.497 e. The maximum absolute atomic E-state index is 12.2. The number of methoxy groups -OCH3 is 2. The SMILES string of the molecule is COc1ccc(OC)c(C=CC(=O)OCC(=O)Nc2cccc(Oc3ccccc3)c2)c1. The van der Waals surface area contributed by atoms with E-state index < -0.39 is 18.5 Å². The molecule has 0 saturated heterocycles. The van der Waals surface area contributed by atoms with Gasteiger partial charge in [0, 0.05) is 23.4 Å². The second-order valence-corrected chi connectivity index (χ2v) is 6.54. The molecule has 0 atom stereocenters. The van der Waals surface area contributed by atoms with Crippen molar-refractivity contribution in [3.63, 3.8) is 0 Å². The molecule has 3 rings (SSSR count). The van der Waals surface area contributed by atoms with Crippen LogP contribution in [0.3, 0.4) is 0 Å². The minimum Gasteiger partial charge on any atom is -0.497 e. The summed E-state index contributed by atoms with van der Waals surface area (Å²) in [5.74, 6) is 1.32. The fourth-order valence-corrected chi connectivity index (χ4v) is 2.77. The van der Waals surface area contributed by atoms with Gasteiger partial charge in [-0.3, -0.25) is 4.79 Å². The van der Waals surface area contributed by atoms with Crippen LogP contribution in [0, 0.1) is 0 Å². The van der Waals surface area contributed by atoms with Crippen LogP contribution in [0.1, 0.15) is 5.56 Å². The number of hydrogen-bond acceptors (Lipinski definition) is 6. The average molecular weight is 433 g/mol. The zero-order chi connectivity index (χ0) is 22.8. The van der Waals surface area contributed by atoms with Gasteiger partial charge in [-0.2, -0.15) is 0 Å². The van der Waals surface area contributed by atoms with Gasteiger partial charge in [-0.25, -0.2) is 4.79 Å². The predicted octanol–water partition coefficient (Wildman–Crippen LogP) is 4.69. The maximum atomic E-state index is 12.2. The monoisotopic (exact) mass is 433 g/mol. The van der Waals surface area contributed by atoms with E-state index in [1.54, 1.807) is 49.6 Å². The number of nitrogens with one attached hydrogen (secondary N) is 1. The Balaban J connectivity index is 1.52. The number of carbonyl (C=O) groups excluding carboxylic acids is 2. The van der Waals surface area contributed by atoms with Crippen molar-refractivity contribution in [2.75, 3.05) is 26.1 Å². The standard InChI is InChI=1S/C25H23NO6/c1-29-21-12-13-23(30-2)18(15-21)11-14-25(28)31-17-24(27)26-19-7-6-10-22(16-19)32-20-8-4-3-5-9-20/h3-16H,17H2,1-2H3,(H,26,27). The first-order valence-electron chi connectivity index (χ1n) is 9.77. The van der Waals surface area contributed by atoms with Gasteiger partial charge in [-0.1, -0.05) is 24.3 Å². The molecule has 3 aromatic rings. The molecule has 7 heteroatoms.